The van der Waals surface area contributed by atoms with Gasteiger partial charge in [-0.25, -0.2) is 0 Å². The van der Waals surface area contributed by atoms with E-state index in [0.29, 0.717) is 0 Å². The van der Waals surface area contributed by atoms with Crippen molar-refractivity contribution in [2.75, 3.05) is 0 Å². The molecule has 0 radical (unpaired) electrons. The molecule has 0 spiro atoms. The minimum atomic E-state index is 0.938. The number of furan rings is 1. The average Bonchev–Trinajstić information content (AvgIpc) is 2.80. The molecule has 1 nitrogen and oxygen atoms in total. The standard InChI is InChI=1S/C20H18O/c1-4-8-17(16-9-6-5-7-10-16)20-15(3)21-19-13-14(2)11-12-18(19)20/h4-13H,1H2,2-3H3/b17-8-. The van der Waals surface area contributed by atoms with Crippen LogP contribution in [0.1, 0.15) is 22.5 Å². The van der Waals surface area contributed by atoms with Crippen molar-refractivity contribution < 1.29 is 4.42 Å². The Morgan fingerprint density at radius 2 is 1.81 bits per heavy atom. The van der Waals surface area contributed by atoms with Crippen LogP contribution in [0.5, 0.6) is 0 Å². The highest BCUT2D eigenvalue weighted by Crippen LogP contribution is 2.35. The van der Waals surface area contributed by atoms with E-state index in [1.54, 1.807) is 0 Å². The molecule has 3 rings (SSSR count). The molecule has 21 heavy (non-hydrogen) atoms. The van der Waals surface area contributed by atoms with E-state index in [1.165, 1.54) is 11.1 Å². The van der Waals surface area contributed by atoms with E-state index < -0.39 is 0 Å². The number of fused-ring (bicyclic) bond motifs is 1. The van der Waals surface area contributed by atoms with Gasteiger partial charge in [-0.2, -0.15) is 0 Å². The molecule has 0 unspecified atom stereocenters. The van der Waals surface area contributed by atoms with E-state index in [1.807, 2.05) is 37.3 Å². The van der Waals surface area contributed by atoms with Crippen molar-refractivity contribution in [3.8, 4) is 0 Å². The Bertz CT molecular complexity index is 820. The second-order valence-electron chi connectivity index (χ2n) is 5.21. The van der Waals surface area contributed by atoms with Crippen LogP contribution in [0.15, 0.2) is 71.7 Å². The lowest BCUT2D eigenvalue weighted by Gasteiger charge is -2.07. The number of hydrogen-bond donors (Lipinski definition) is 0. The van der Waals surface area contributed by atoms with Crippen molar-refractivity contribution in [1.29, 1.82) is 0 Å². The highest BCUT2D eigenvalue weighted by atomic mass is 16.3. The predicted molar refractivity (Wildman–Crippen MR) is 89.4 cm³/mol. The van der Waals surface area contributed by atoms with Crippen LogP contribution in [0.25, 0.3) is 16.5 Å². The van der Waals surface area contributed by atoms with Crippen LogP contribution >= 0.6 is 0 Å². The normalized spacial score (nSPS) is 11.8. The molecule has 0 bridgehead atoms. The number of benzene rings is 2. The van der Waals surface area contributed by atoms with E-state index in [0.717, 1.165) is 27.9 Å². The molecule has 0 aliphatic heterocycles. The molecule has 1 heterocycles. The van der Waals surface area contributed by atoms with Gasteiger partial charge in [0.05, 0.1) is 0 Å². The summed E-state index contributed by atoms with van der Waals surface area (Å²) in [5, 5.41) is 1.15. The summed E-state index contributed by atoms with van der Waals surface area (Å²) in [4.78, 5) is 0. The average molecular weight is 274 g/mol. The van der Waals surface area contributed by atoms with Gasteiger partial charge in [0.25, 0.3) is 0 Å². The highest BCUT2D eigenvalue weighted by molar-refractivity contribution is 5.97. The lowest BCUT2D eigenvalue weighted by molar-refractivity contribution is 0.577. The summed E-state index contributed by atoms with van der Waals surface area (Å²) in [7, 11) is 0. The molecule has 0 aliphatic carbocycles. The molecule has 0 atom stereocenters. The fourth-order valence-electron chi connectivity index (χ4n) is 2.72. The molecule has 0 amide bonds. The maximum absolute atomic E-state index is 5.95. The first-order valence-electron chi connectivity index (χ1n) is 7.09. The predicted octanol–water partition coefficient (Wildman–Crippen LogP) is 5.67. The Labute approximate surface area is 125 Å². The Balaban J connectivity index is 2.28. The zero-order valence-electron chi connectivity index (χ0n) is 12.4. The molecule has 0 aliphatic rings. The van der Waals surface area contributed by atoms with Gasteiger partial charge in [0.15, 0.2) is 0 Å². The van der Waals surface area contributed by atoms with Crippen LogP contribution in [0, 0.1) is 13.8 Å². The van der Waals surface area contributed by atoms with E-state index in [4.69, 9.17) is 4.42 Å². The van der Waals surface area contributed by atoms with Crippen LogP contribution in [-0.4, -0.2) is 0 Å². The molecule has 3 aromatic rings. The van der Waals surface area contributed by atoms with Gasteiger partial charge in [-0.15, -0.1) is 0 Å². The van der Waals surface area contributed by atoms with E-state index in [-0.39, 0.29) is 0 Å². The molecular formula is C20H18O. The zero-order chi connectivity index (χ0) is 14.8. The monoisotopic (exact) mass is 274 g/mol. The van der Waals surface area contributed by atoms with Crippen molar-refractivity contribution in [2.24, 2.45) is 0 Å². The van der Waals surface area contributed by atoms with Crippen molar-refractivity contribution >= 4 is 16.5 Å². The number of aryl methyl sites for hydroxylation is 2. The first kappa shape index (κ1) is 13.4. The smallest absolute Gasteiger partial charge is 0.135 e. The van der Waals surface area contributed by atoms with Crippen LogP contribution in [0.3, 0.4) is 0 Å². The Kier molecular flexibility index (Phi) is 3.49. The quantitative estimate of drug-likeness (QED) is 0.561. The van der Waals surface area contributed by atoms with Gasteiger partial charge in [0, 0.05) is 10.9 Å². The largest absolute Gasteiger partial charge is 0.461 e. The third kappa shape index (κ3) is 2.43. The number of allylic oxidation sites excluding steroid dienone is 2. The van der Waals surface area contributed by atoms with Crippen LogP contribution < -0.4 is 0 Å². The first-order chi connectivity index (χ1) is 10.2. The summed E-state index contributed by atoms with van der Waals surface area (Å²) in [6, 6.07) is 16.7. The SMILES string of the molecule is C=C/C=C(/c1ccccc1)c1c(C)oc2cc(C)ccc12. The highest BCUT2D eigenvalue weighted by Gasteiger charge is 2.15. The fraction of sp³-hybridized carbons (Fsp3) is 0.100. The van der Waals surface area contributed by atoms with Gasteiger partial charge < -0.3 is 4.42 Å². The second kappa shape index (κ2) is 5.45. The van der Waals surface area contributed by atoms with Gasteiger partial charge in [-0.3, -0.25) is 0 Å². The molecular weight excluding hydrogens is 256 g/mol. The molecule has 104 valence electrons. The zero-order valence-corrected chi connectivity index (χ0v) is 12.4. The van der Waals surface area contributed by atoms with Gasteiger partial charge in [-0.1, -0.05) is 61.2 Å². The van der Waals surface area contributed by atoms with E-state index in [9.17, 15) is 0 Å². The fourth-order valence-corrected chi connectivity index (χ4v) is 2.72. The number of rotatable bonds is 3. The van der Waals surface area contributed by atoms with Crippen molar-refractivity contribution in [3.63, 3.8) is 0 Å². The molecule has 0 fully saturated rings. The minimum Gasteiger partial charge on any atom is -0.461 e. The summed E-state index contributed by atoms with van der Waals surface area (Å²) >= 11 is 0. The molecule has 0 saturated carbocycles. The summed E-state index contributed by atoms with van der Waals surface area (Å²) in [6.07, 6.45) is 3.88. The van der Waals surface area contributed by atoms with E-state index in [2.05, 4.69) is 43.8 Å². The molecule has 1 heteroatoms. The summed E-state index contributed by atoms with van der Waals surface area (Å²) in [5.74, 6) is 0.938. The molecule has 0 saturated heterocycles. The second-order valence-corrected chi connectivity index (χ2v) is 5.21. The molecule has 2 aromatic carbocycles. The van der Waals surface area contributed by atoms with Gasteiger partial charge in [0.1, 0.15) is 11.3 Å². The third-order valence-corrected chi connectivity index (χ3v) is 3.66. The van der Waals surface area contributed by atoms with E-state index >= 15 is 0 Å². The van der Waals surface area contributed by atoms with Gasteiger partial charge >= 0.3 is 0 Å². The van der Waals surface area contributed by atoms with Crippen molar-refractivity contribution in [1.82, 2.24) is 0 Å². The topological polar surface area (TPSA) is 13.1 Å². The molecule has 0 N–H and O–H groups in total. The minimum absolute atomic E-state index is 0.938. The van der Waals surface area contributed by atoms with Crippen LogP contribution in [-0.2, 0) is 0 Å². The van der Waals surface area contributed by atoms with Crippen LogP contribution in [0.2, 0.25) is 0 Å². The summed E-state index contributed by atoms with van der Waals surface area (Å²) in [5.41, 5.74) is 5.61. The molecule has 1 aromatic heterocycles. The summed E-state index contributed by atoms with van der Waals surface area (Å²) < 4.78 is 5.95. The maximum Gasteiger partial charge on any atom is 0.135 e. The Hall–Kier alpha value is -2.54. The summed E-state index contributed by atoms with van der Waals surface area (Å²) in [6.45, 7) is 7.95. The lowest BCUT2D eigenvalue weighted by Crippen LogP contribution is -1.88. The lowest BCUT2D eigenvalue weighted by atomic mass is 9.95. The van der Waals surface area contributed by atoms with Crippen molar-refractivity contribution in [3.05, 3.63) is 89.7 Å². The first-order valence-corrected chi connectivity index (χ1v) is 7.09. The Morgan fingerprint density at radius 3 is 2.52 bits per heavy atom. The van der Waals surface area contributed by atoms with Gasteiger partial charge in [-0.05, 0) is 36.6 Å². The Morgan fingerprint density at radius 1 is 1.05 bits per heavy atom. The maximum atomic E-state index is 5.95. The van der Waals surface area contributed by atoms with Crippen LogP contribution in [0.4, 0.5) is 0 Å². The van der Waals surface area contributed by atoms with Gasteiger partial charge in [0.2, 0.25) is 0 Å². The number of hydrogen-bond acceptors (Lipinski definition) is 1. The van der Waals surface area contributed by atoms with Crippen molar-refractivity contribution in [2.45, 2.75) is 13.8 Å². The third-order valence-electron chi connectivity index (χ3n) is 3.66.